The summed E-state index contributed by atoms with van der Waals surface area (Å²) in [4.78, 5) is 4.43. The van der Waals surface area contributed by atoms with Gasteiger partial charge in [0, 0.05) is 30.4 Å². The smallest absolute Gasteiger partial charge is 0.127 e. The van der Waals surface area contributed by atoms with Crippen LogP contribution in [0, 0.1) is 23.7 Å². The van der Waals surface area contributed by atoms with E-state index in [0.717, 1.165) is 30.8 Å². The van der Waals surface area contributed by atoms with E-state index < -0.39 is 0 Å². The van der Waals surface area contributed by atoms with Crippen molar-refractivity contribution in [2.75, 3.05) is 18.5 Å². The Morgan fingerprint density at radius 2 is 2.20 bits per heavy atom. The van der Waals surface area contributed by atoms with Gasteiger partial charge in [0.1, 0.15) is 5.82 Å². The van der Waals surface area contributed by atoms with Crippen LogP contribution < -0.4 is 5.32 Å². The number of nitrogens with zero attached hydrogens (tertiary/aromatic N) is 2. The fraction of sp³-hybridized carbons (Fsp3) is 0.600. The molecule has 0 unspecified atom stereocenters. The van der Waals surface area contributed by atoms with Gasteiger partial charge in [-0.1, -0.05) is 0 Å². The van der Waals surface area contributed by atoms with Crippen molar-refractivity contribution in [3.8, 4) is 6.07 Å². The maximum absolute atomic E-state index is 10.2. The number of pyridine rings is 1. The molecule has 0 amide bonds. The number of aliphatic hydroxyl groups excluding tert-OH is 1. The van der Waals surface area contributed by atoms with E-state index >= 15 is 0 Å². The molecular weight excluding hydrogens is 254 g/mol. The molecular formula is C15H19N3O2. The molecule has 5 nitrogen and oxygen atoms in total. The Kier molecular flexibility index (Phi) is 3.36. The molecule has 1 saturated heterocycles. The fourth-order valence-corrected chi connectivity index (χ4v) is 3.39. The van der Waals surface area contributed by atoms with Crippen molar-refractivity contribution < 1.29 is 9.84 Å². The van der Waals surface area contributed by atoms with E-state index in [-0.39, 0.29) is 17.6 Å². The number of nitriles is 1. The van der Waals surface area contributed by atoms with Crippen LogP contribution in [0.3, 0.4) is 0 Å². The number of hydrogen-bond acceptors (Lipinski definition) is 5. The molecule has 2 atom stereocenters. The average Bonchev–Trinajstić information content (AvgIpc) is 2.47. The minimum absolute atomic E-state index is 0.0868. The number of anilines is 1. The average molecular weight is 273 g/mol. The van der Waals surface area contributed by atoms with Crippen LogP contribution in [0.1, 0.15) is 30.5 Å². The third-order valence-electron chi connectivity index (χ3n) is 4.64. The Hall–Kier alpha value is -1.64. The summed E-state index contributed by atoms with van der Waals surface area (Å²) in [5.41, 5.74) is 1.35. The summed E-state index contributed by atoms with van der Waals surface area (Å²) in [5.74, 6) is 0.726. The molecule has 1 aromatic heterocycles. The molecule has 0 radical (unpaired) electrons. The molecule has 1 saturated carbocycles. The standard InChI is InChI=1S/C15H19N3O2/c1-10-6-11(9-16)7-14(17-10)18-12-8-13(19)15(12)2-4-20-5-3-15/h6-7,12-13,19H,2-5,8H2,1H3,(H,17,18)/t12-,13-/m1/s1. The maximum Gasteiger partial charge on any atom is 0.127 e. The van der Waals surface area contributed by atoms with Gasteiger partial charge in [-0.3, -0.25) is 0 Å². The number of hydrogen-bond donors (Lipinski definition) is 2. The van der Waals surface area contributed by atoms with Gasteiger partial charge in [-0.05, 0) is 38.3 Å². The first-order valence-electron chi connectivity index (χ1n) is 7.05. The Morgan fingerprint density at radius 1 is 1.45 bits per heavy atom. The van der Waals surface area contributed by atoms with Gasteiger partial charge in [-0.25, -0.2) is 4.98 Å². The third kappa shape index (κ3) is 2.15. The number of aliphatic hydroxyl groups is 1. The van der Waals surface area contributed by atoms with Crippen LogP contribution in [-0.2, 0) is 4.74 Å². The minimum atomic E-state index is -0.260. The molecule has 0 aromatic carbocycles. The summed E-state index contributed by atoms with van der Waals surface area (Å²) < 4.78 is 5.41. The van der Waals surface area contributed by atoms with Crippen molar-refractivity contribution in [2.24, 2.45) is 5.41 Å². The van der Waals surface area contributed by atoms with Crippen LogP contribution in [0.2, 0.25) is 0 Å². The second-order valence-corrected chi connectivity index (χ2v) is 5.79. The third-order valence-corrected chi connectivity index (χ3v) is 4.64. The van der Waals surface area contributed by atoms with Crippen LogP contribution in [0.4, 0.5) is 5.82 Å². The van der Waals surface area contributed by atoms with Crippen molar-refractivity contribution >= 4 is 5.82 Å². The highest BCUT2D eigenvalue weighted by atomic mass is 16.5. The molecule has 20 heavy (non-hydrogen) atoms. The molecule has 0 bridgehead atoms. The van der Waals surface area contributed by atoms with E-state index in [9.17, 15) is 5.11 Å². The van der Waals surface area contributed by atoms with Crippen molar-refractivity contribution in [3.05, 3.63) is 23.4 Å². The summed E-state index contributed by atoms with van der Waals surface area (Å²) >= 11 is 0. The zero-order chi connectivity index (χ0) is 14.2. The molecule has 106 valence electrons. The highest BCUT2D eigenvalue weighted by molar-refractivity contribution is 5.46. The van der Waals surface area contributed by atoms with Gasteiger partial charge in [0.05, 0.1) is 17.7 Å². The topological polar surface area (TPSA) is 78.2 Å². The second-order valence-electron chi connectivity index (χ2n) is 5.79. The lowest BCUT2D eigenvalue weighted by atomic mass is 9.58. The van der Waals surface area contributed by atoms with Crippen LogP contribution >= 0.6 is 0 Å². The normalized spacial score (nSPS) is 27.6. The van der Waals surface area contributed by atoms with E-state index in [1.54, 1.807) is 12.1 Å². The quantitative estimate of drug-likeness (QED) is 0.855. The van der Waals surface area contributed by atoms with Crippen molar-refractivity contribution in [2.45, 2.75) is 38.3 Å². The lowest BCUT2D eigenvalue weighted by Gasteiger charge is -2.55. The Balaban J connectivity index is 1.78. The summed E-state index contributed by atoms with van der Waals surface area (Å²) in [6.45, 7) is 3.30. The van der Waals surface area contributed by atoms with Crippen LogP contribution in [0.5, 0.6) is 0 Å². The van der Waals surface area contributed by atoms with Crippen molar-refractivity contribution in [3.63, 3.8) is 0 Å². The van der Waals surface area contributed by atoms with Gasteiger partial charge < -0.3 is 15.2 Å². The Morgan fingerprint density at radius 3 is 2.85 bits per heavy atom. The van der Waals surface area contributed by atoms with E-state index in [1.807, 2.05) is 6.92 Å². The Labute approximate surface area is 118 Å². The molecule has 1 spiro atoms. The predicted molar refractivity (Wildman–Crippen MR) is 74.2 cm³/mol. The van der Waals surface area contributed by atoms with E-state index in [0.29, 0.717) is 18.8 Å². The van der Waals surface area contributed by atoms with Gasteiger partial charge in [0.15, 0.2) is 0 Å². The first-order chi connectivity index (χ1) is 9.64. The van der Waals surface area contributed by atoms with Crippen LogP contribution in [0.15, 0.2) is 12.1 Å². The molecule has 1 aliphatic heterocycles. The Bertz CT molecular complexity index is 547. The lowest BCUT2D eigenvalue weighted by molar-refractivity contribution is -0.133. The summed E-state index contributed by atoms with van der Waals surface area (Å²) in [6, 6.07) is 5.90. The SMILES string of the molecule is Cc1cc(C#N)cc(N[C@@H]2C[C@@H](O)C23CCOCC3)n1. The summed E-state index contributed by atoms with van der Waals surface area (Å²) in [6.07, 6.45) is 2.23. The summed E-state index contributed by atoms with van der Waals surface area (Å²) in [5, 5.41) is 22.6. The zero-order valence-electron chi connectivity index (χ0n) is 11.6. The van der Waals surface area contributed by atoms with Crippen molar-refractivity contribution in [1.82, 2.24) is 4.98 Å². The highest BCUT2D eigenvalue weighted by Gasteiger charge is 2.54. The molecule has 2 aliphatic rings. The number of aromatic nitrogens is 1. The first-order valence-corrected chi connectivity index (χ1v) is 7.05. The number of ether oxygens (including phenoxy) is 1. The minimum Gasteiger partial charge on any atom is -0.392 e. The first kappa shape index (κ1) is 13.3. The van der Waals surface area contributed by atoms with E-state index in [4.69, 9.17) is 10.00 Å². The second kappa shape index (κ2) is 5.04. The number of rotatable bonds is 2. The van der Waals surface area contributed by atoms with Gasteiger partial charge in [-0.15, -0.1) is 0 Å². The van der Waals surface area contributed by atoms with Crippen LogP contribution in [-0.4, -0.2) is 35.5 Å². The molecule has 1 aliphatic carbocycles. The van der Waals surface area contributed by atoms with Gasteiger partial charge in [0.25, 0.3) is 0 Å². The van der Waals surface area contributed by atoms with Crippen molar-refractivity contribution in [1.29, 1.82) is 5.26 Å². The molecule has 3 rings (SSSR count). The zero-order valence-corrected chi connectivity index (χ0v) is 11.6. The molecule has 2 heterocycles. The van der Waals surface area contributed by atoms with Gasteiger partial charge in [-0.2, -0.15) is 5.26 Å². The van der Waals surface area contributed by atoms with E-state index in [1.165, 1.54) is 0 Å². The van der Waals surface area contributed by atoms with Crippen LogP contribution in [0.25, 0.3) is 0 Å². The predicted octanol–water partition coefficient (Wildman–Crippen LogP) is 1.60. The number of aryl methyl sites for hydroxylation is 1. The molecule has 2 N–H and O–H groups in total. The monoisotopic (exact) mass is 273 g/mol. The molecule has 2 fully saturated rings. The number of nitrogens with one attached hydrogen (secondary N) is 1. The summed E-state index contributed by atoms with van der Waals surface area (Å²) in [7, 11) is 0. The van der Waals surface area contributed by atoms with Gasteiger partial charge in [0.2, 0.25) is 0 Å². The lowest BCUT2D eigenvalue weighted by Crippen LogP contribution is -2.62. The molecule has 5 heteroatoms. The van der Waals surface area contributed by atoms with E-state index in [2.05, 4.69) is 16.4 Å². The molecule has 1 aromatic rings. The highest BCUT2D eigenvalue weighted by Crippen LogP contribution is 2.50. The maximum atomic E-state index is 10.2. The fourth-order valence-electron chi connectivity index (χ4n) is 3.39. The largest absolute Gasteiger partial charge is 0.392 e. The van der Waals surface area contributed by atoms with Gasteiger partial charge >= 0.3 is 0 Å².